The lowest BCUT2D eigenvalue weighted by Gasteiger charge is -2.53. The topological polar surface area (TPSA) is 77.0 Å². The zero-order chi connectivity index (χ0) is 20.8. The number of hydrogen-bond acceptors (Lipinski definition) is 5. The Morgan fingerprint density at radius 1 is 1.34 bits per heavy atom. The lowest BCUT2D eigenvalue weighted by molar-refractivity contribution is -0.138. The number of fused-ring (bicyclic) bond motifs is 1. The van der Waals surface area contributed by atoms with Gasteiger partial charge >= 0.3 is 0 Å². The van der Waals surface area contributed by atoms with Crippen molar-refractivity contribution in [1.82, 2.24) is 5.32 Å². The standard InChI is InChI=1S/C23H33NO5/c1-22(2)14-11-17-20(16-12-15(28-4)5-6-18(16)25)29-10-8-23(17,13-14)21(22)24-19(26)7-9-27-3/h5-6,12,14,17,20-21,25H,7-11,13H2,1-4H3,(H,24,26)/t14-,17-,20-,21+,23-/m1/s1. The summed E-state index contributed by atoms with van der Waals surface area (Å²) in [6.45, 7) is 5.64. The molecule has 2 N–H and O–H groups in total. The molecule has 1 amide bonds. The van der Waals surface area contributed by atoms with Crippen LogP contribution in [0.2, 0.25) is 0 Å². The summed E-state index contributed by atoms with van der Waals surface area (Å²) < 4.78 is 16.7. The van der Waals surface area contributed by atoms with E-state index in [9.17, 15) is 9.90 Å². The highest BCUT2D eigenvalue weighted by Gasteiger charge is 2.68. The molecule has 6 nitrogen and oxygen atoms in total. The van der Waals surface area contributed by atoms with Crippen LogP contribution in [0, 0.1) is 22.7 Å². The van der Waals surface area contributed by atoms with Crippen LogP contribution >= 0.6 is 0 Å². The van der Waals surface area contributed by atoms with Crippen molar-refractivity contribution in [3.05, 3.63) is 23.8 Å². The van der Waals surface area contributed by atoms with Crippen molar-refractivity contribution in [2.45, 2.75) is 51.7 Å². The van der Waals surface area contributed by atoms with Gasteiger partial charge in [0.15, 0.2) is 0 Å². The van der Waals surface area contributed by atoms with Gasteiger partial charge in [0.1, 0.15) is 11.5 Å². The Labute approximate surface area is 172 Å². The number of nitrogens with one attached hydrogen (secondary N) is 1. The molecular formula is C23H33NO5. The number of ether oxygens (including phenoxy) is 3. The molecule has 1 aromatic rings. The Balaban J connectivity index is 1.66. The van der Waals surface area contributed by atoms with Crippen molar-refractivity contribution in [1.29, 1.82) is 0 Å². The van der Waals surface area contributed by atoms with Crippen molar-refractivity contribution >= 4 is 5.91 Å². The monoisotopic (exact) mass is 403 g/mol. The Hall–Kier alpha value is -1.79. The summed E-state index contributed by atoms with van der Waals surface area (Å²) in [5.41, 5.74) is 0.829. The molecule has 1 spiro atoms. The van der Waals surface area contributed by atoms with E-state index in [1.54, 1.807) is 26.4 Å². The van der Waals surface area contributed by atoms with Gasteiger partial charge in [-0.25, -0.2) is 0 Å². The van der Waals surface area contributed by atoms with Crippen LogP contribution in [-0.4, -0.2) is 44.5 Å². The third-order valence-corrected chi connectivity index (χ3v) is 7.88. The molecule has 2 saturated carbocycles. The summed E-state index contributed by atoms with van der Waals surface area (Å²) in [5, 5.41) is 13.9. The van der Waals surface area contributed by atoms with Crippen molar-refractivity contribution in [2.24, 2.45) is 22.7 Å². The summed E-state index contributed by atoms with van der Waals surface area (Å²) in [7, 11) is 3.25. The van der Waals surface area contributed by atoms with E-state index in [1.165, 1.54) is 0 Å². The second kappa shape index (κ2) is 7.47. The first-order chi connectivity index (χ1) is 13.8. The highest BCUT2D eigenvalue weighted by Crippen LogP contribution is 2.70. The van der Waals surface area contributed by atoms with Crippen LogP contribution in [-0.2, 0) is 14.3 Å². The molecule has 1 aliphatic heterocycles. The van der Waals surface area contributed by atoms with Gasteiger partial charge < -0.3 is 24.6 Å². The Kier molecular flexibility index (Phi) is 5.28. The van der Waals surface area contributed by atoms with Crippen molar-refractivity contribution in [3.8, 4) is 11.5 Å². The molecule has 2 aliphatic carbocycles. The van der Waals surface area contributed by atoms with Crippen LogP contribution in [0.3, 0.4) is 0 Å². The van der Waals surface area contributed by atoms with E-state index < -0.39 is 0 Å². The maximum Gasteiger partial charge on any atom is 0.222 e. The summed E-state index contributed by atoms with van der Waals surface area (Å²) in [6, 6.07) is 5.44. The van der Waals surface area contributed by atoms with E-state index in [0.29, 0.717) is 31.3 Å². The number of methoxy groups -OCH3 is 2. The number of hydrogen-bond donors (Lipinski definition) is 2. The van der Waals surface area contributed by atoms with Gasteiger partial charge in [-0.3, -0.25) is 4.79 Å². The zero-order valence-corrected chi connectivity index (χ0v) is 17.9. The van der Waals surface area contributed by atoms with Gasteiger partial charge in [-0.15, -0.1) is 0 Å². The lowest BCUT2D eigenvalue weighted by atomic mass is 9.58. The number of carbonyl (C=O) groups excluding carboxylic acids is 1. The van der Waals surface area contributed by atoms with E-state index >= 15 is 0 Å². The molecule has 6 heteroatoms. The fourth-order valence-corrected chi connectivity index (χ4v) is 6.41. The first-order valence-electron chi connectivity index (χ1n) is 10.6. The summed E-state index contributed by atoms with van der Waals surface area (Å²) in [4.78, 5) is 12.6. The third kappa shape index (κ3) is 3.21. The molecule has 4 rings (SSSR count). The van der Waals surface area contributed by atoms with Gasteiger partial charge in [-0.2, -0.15) is 0 Å². The van der Waals surface area contributed by atoms with Gasteiger partial charge in [-0.05, 0) is 60.1 Å². The number of aromatic hydroxyl groups is 1. The average Bonchev–Trinajstić information content (AvgIpc) is 3.19. The second-order valence-electron chi connectivity index (χ2n) is 9.51. The third-order valence-electron chi connectivity index (χ3n) is 7.88. The zero-order valence-electron chi connectivity index (χ0n) is 17.9. The van der Waals surface area contributed by atoms with E-state index in [0.717, 1.165) is 24.8 Å². The maximum absolute atomic E-state index is 12.6. The first-order valence-corrected chi connectivity index (χ1v) is 10.6. The molecular weight excluding hydrogens is 370 g/mol. The lowest BCUT2D eigenvalue weighted by Crippen LogP contribution is -2.59. The molecule has 1 aromatic carbocycles. The van der Waals surface area contributed by atoms with E-state index in [4.69, 9.17) is 14.2 Å². The minimum Gasteiger partial charge on any atom is -0.508 e. The largest absolute Gasteiger partial charge is 0.508 e. The minimum absolute atomic E-state index is 0.00463. The predicted molar refractivity (Wildman–Crippen MR) is 109 cm³/mol. The molecule has 5 atom stereocenters. The fraction of sp³-hybridized carbons (Fsp3) is 0.696. The highest BCUT2D eigenvalue weighted by atomic mass is 16.5. The molecule has 3 aliphatic rings. The molecule has 2 bridgehead atoms. The maximum atomic E-state index is 12.6. The van der Waals surface area contributed by atoms with Crippen LogP contribution < -0.4 is 10.1 Å². The number of phenols is 1. The van der Waals surface area contributed by atoms with Crippen molar-refractivity contribution in [2.75, 3.05) is 27.4 Å². The first kappa shape index (κ1) is 20.5. The quantitative estimate of drug-likeness (QED) is 0.761. The van der Waals surface area contributed by atoms with Gasteiger partial charge in [-0.1, -0.05) is 13.8 Å². The smallest absolute Gasteiger partial charge is 0.222 e. The van der Waals surface area contributed by atoms with Gasteiger partial charge in [0.2, 0.25) is 5.91 Å². The molecule has 0 unspecified atom stereocenters. The van der Waals surface area contributed by atoms with E-state index in [2.05, 4.69) is 19.2 Å². The van der Waals surface area contributed by atoms with Crippen molar-refractivity contribution < 1.29 is 24.1 Å². The van der Waals surface area contributed by atoms with Crippen LogP contribution in [0.4, 0.5) is 0 Å². The van der Waals surface area contributed by atoms with Crippen molar-refractivity contribution in [3.63, 3.8) is 0 Å². The van der Waals surface area contributed by atoms with Crippen LogP contribution in [0.5, 0.6) is 11.5 Å². The fourth-order valence-electron chi connectivity index (χ4n) is 6.41. The molecule has 0 radical (unpaired) electrons. The second-order valence-corrected chi connectivity index (χ2v) is 9.51. The van der Waals surface area contributed by atoms with Gasteiger partial charge in [0.25, 0.3) is 0 Å². The number of rotatable bonds is 6. The molecule has 160 valence electrons. The van der Waals surface area contributed by atoms with Crippen LogP contribution in [0.1, 0.15) is 51.2 Å². The normalized spacial score (nSPS) is 34.6. The minimum atomic E-state index is -0.182. The van der Waals surface area contributed by atoms with Gasteiger partial charge in [0, 0.05) is 31.7 Å². The number of carbonyl (C=O) groups is 1. The molecule has 1 saturated heterocycles. The highest BCUT2D eigenvalue weighted by molar-refractivity contribution is 5.76. The summed E-state index contributed by atoms with van der Waals surface area (Å²) in [5.74, 6) is 1.81. The summed E-state index contributed by atoms with van der Waals surface area (Å²) >= 11 is 0. The van der Waals surface area contributed by atoms with Crippen LogP contribution in [0.25, 0.3) is 0 Å². The Bertz CT molecular complexity index is 779. The average molecular weight is 404 g/mol. The SMILES string of the molecule is COCCC(=O)N[C@H]1C(C)(C)[C@@H]2C[C@@H]3[C@@H](c4cc(OC)ccc4O)OCC[C@@]31C2. The van der Waals surface area contributed by atoms with E-state index in [-0.39, 0.29) is 40.6 Å². The van der Waals surface area contributed by atoms with Gasteiger partial charge in [0.05, 0.1) is 19.8 Å². The Morgan fingerprint density at radius 2 is 2.14 bits per heavy atom. The molecule has 29 heavy (non-hydrogen) atoms. The summed E-state index contributed by atoms with van der Waals surface area (Å²) in [6.07, 6.45) is 3.29. The molecule has 0 aromatic heterocycles. The number of benzene rings is 1. The van der Waals surface area contributed by atoms with E-state index in [1.807, 2.05) is 6.07 Å². The number of amides is 1. The molecule has 3 fully saturated rings. The molecule has 1 heterocycles. The predicted octanol–water partition coefficient (Wildman–Crippen LogP) is 3.44. The Morgan fingerprint density at radius 3 is 2.86 bits per heavy atom. The number of phenolic OH excluding ortho intramolecular Hbond substituents is 1. The van der Waals surface area contributed by atoms with Crippen LogP contribution in [0.15, 0.2) is 18.2 Å².